The number of β-amino-alcohol motifs (C(OH)–C–C–N with tert-alkyl or cyclic N) is 1. The van der Waals surface area contributed by atoms with E-state index in [0.717, 1.165) is 39.4 Å². The van der Waals surface area contributed by atoms with Gasteiger partial charge in [-0.3, -0.25) is 24.4 Å². The molecule has 8 nitrogen and oxygen atoms in total. The number of nitriles is 1. The fraction of sp³-hybridized carbons (Fsp3) is 0.257. The number of aromatic nitrogens is 1. The van der Waals surface area contributed by atoms with E-state index in [1.807, 2.05) is 36.5 Å². The van der Waals surface area contributed by atoms with E-state index in [-0.39, 0.29) is 18.7 Å². The van der Waals surface area contributed by atoms with Gasteiger partial charge in [-0.25, -0.2) is 0 Å². The second kappa shape index (κ2) is 13.0. The van der Waals surface area contributed by atoms with E-state index in [1.54, 1.807) is 61.5 Å². The van der Waals surface area contributed by atoms with Crippen LogP contribution >= 0.6 is 0 Å². The molecule has 0 aliphatic carbocycles. The van der Waals surface area contributed by atoms with E-state index in [2.05, 4.69) is 10.3 Å². The SMILES string of the molecule is C[C@H](NC(=O)C(c1cnccc1C(F)(F)F)N(C(=O)[C@H]1C[C@@](C)(O)CN1C#N)c1ccc(-c2ccccc2)cc1)c1ccccc1. The molecule has 1 aromatic heterocycles. The molecule has 2 heterocycles. The summed E-state index contributed by atoms with van der Waals surface area (Å²) in [5.41, 5.74) is -0.639. The number of nitrogens with one attached hydrogen (secondary N) is 1. The summed E-state index contributed by atoms with van der Waals surface area (Å²) in [6.45, 7) is 2.99. The fourth-order valence-corrected chi connectivity index (χ4v) is 5.80. The molecular formula is C35H32F3N5O3. The van der Waals surface area contributed by atoms with Gasteiger partial charge in [0.05, 0.1) is 23.8 Å². The summed E-state index contributed by atoms with van der Waals surface area (Å²) in [6, 6.07) is 21.7. The van der Waals surface area contributed by atoms with Crippen LogP contribution in [0.25, 0.3) is 11.1 Å². The zero-order chi connectivity index (χ0) is 33.1. The third kappa shape index (κ3) is 6.87. The van der Waals surface area contributed by atoms with Gasteiger partial charge in [0.15, 0.2) is 6.19 Å². The number of rotatable bonds is 8. The molecule has 1 aliphatic rings. The maximum atomic E-state index is 14.5. The highest BCUT2D eigenvalue weighted by atomic mass is 19.4. The van der Waals surface area contributed by atoms with E-state index >= 15 is 0 Å². The number of likely N-dealkylation sites (tertiary alicyclic amines) is 1. The van der Waals surface area contributed by atoms with E-state index in [9.17, 15) is 33.1 Å². The highest BCUT2D eigenvalue weighted by molar-refractivity contribution is 6.04. The predicted molar refractivity (Wildman–Crippen MR) is 166 cm³/mol. The van der Waals surface area contributed by atoms with Gasteiger partial charge < -0.3 is 10.4 Å². The Labute approximate surface area is 264 Å². The van der Waals surface area contributed by atoms with Gasteiger partial charge in [-0.05, 0) is 48.7 Å². The van der Waals surface area contributed by atoms with Gasteiger partial charge in [0.2, 0.25) is 5.91 Å². The van der Waals surface area contributed by atoms with Crippen LogP contribution in [0.2, 0.25) is 0 Å². The maximum Gasteiger partial charge on any atom is 0.416 e. The first-order chi connectivity index (χ1) is 21.9. The number of pyridine rings is 1. The summed E-state index contributed by atoms with van der Waals surface area (Å²) in [6.07, 6.45) is -1.23. The number of hydrogen-bond donors (Lipinski definition) is 2. The number of hydrogen-bond acceptors (Lipinski definition) is 6. The third-order valence-electron chi connectivity index (χ3n) is 8.04. The first kappa shape index (κ1) is 32.2. The van der Waals surface area contributed by atoms with E-state index in [0.29, 0.717) is 5.56 Å². The van der Waals surface area contributed by atoms with Crippen molar-refractivity contribution in [3.8, 4) is 17.3 Å². The summed E-state index contributed by atoms with van der Waals surface area (Å²) < 4.78 is 43.4. The average Bonchev–Trinajstić information content (AvgIpc) is 3.38. The molecule has 46 heavy (non-hydrogen) atoms. The highest BCUT2D eigenvalue weighted by Gasteiger charge is 2.48. The molecule has 2 amide bonds. The molecule has 3 aromatic carbocycles. The predicted octanol–water partition coefficient (Wildman–Crippen LogP) is 6.03. The first-order valence-electron chi connectivity index (χ1n) is 14.6. The number of carbonyl (C=O) groups excluding carboxylic acids is 2. The molecule has 1 unspecified atom stereocenters. The normalized spacial score (nSPS) is 19.2. The lowest BCUT2D eigenvalue weighted by molar-refractivity contribution is -0.139. The number of anilines is 1. The van der Waals surface area contributed by atoms with Gasteiger partial charge in [-0.1, -0.05) is 72.8 Å². The lowest BCUT2D eigenvalue weighted by atomic mass is 9.96. The van der Waals surface area contributed by atoms with Crippen molar-refractivity contribution in [1.82, 2.24) is 15.2 Å². The van der Waals surface area contributed by atoms with Crippen molar-refractivity contribution in [2.45, 2.75) is 50.2 Å². The number of halogens is 3. The number of amides is 2. The first-order valence-corrected chi connectivity index (χ1v) is 14.6. The number of aliphatic hydroxyl groups is 1. The molecule has 0 spiro atoms. The molecule has 2 N–H and O–H groups in total. The second-order valence-electron chi connectivity index (χ2n) is 11.6. The Morgan fingerprint density at radius 3 is 2.24 bits per heavy atom. The Morgan fingerprint density at radius 2 is 1.63 bits per heavy atom. The molecule has 11 heteroatoms. The van der Waals surface area contributed by atoms with Crippen LogP contribution in [0.3, 0.4) is 0 Å². The number of nitrogens with zero attached hydrogens (tertiary/aromatic N) is 4. The molecule has 4 atom stereocenters. The van der Waals surface area contributed by atoms with Gasteiger partial charge in [0, 0.05) is 30.1 Å². The van der Waals surface area contributed by atoms with Gasteiger partial charge in [-0.2, -0.15) is 18.4 Å². The van der Waals surface area contributed by atoms with E-state index < -0.39 is 52.8 Å². The summed E-state index contributed by atoms with van der Waals surface area (Å²) in [4.78, 5) is 34.8. The Kier molecular flexibility index (Phi) is 9.12. The van der Waals surface area contributed by atoms with E-state index in [1.165, 1.54) is 6.92 Å². The summed E-state index contributed by atoms with van der Waals surface area (Å²) >= 11 is 0. The highest BCUT2D eigenvalue weighted by Crippen LogP contribution is 2.40. The third-order valence-corrected chi connectivity index (χ3v) is 8.04. The fourth-order valence-electron chi connectivity index (χ4n) is 5.80. The minimum Gasteiger partial charge on any atom is -0.388 e. The lowest BCUT2D eigenvalue weighted by Crippen LogP contribution is -2.51. The molecule has 4 aromatic rings. The smallest absolute Gasteiger partial charge is 0.388 e. The topological polar surface area (TPSA) is 110 Å². The number of carbonyl (C=O) groups is 2. The molecule has 0 bridgehead atoms. The largest absolute Gasteiger partial charge is 0.416 e. The minimum atomic E-state index is -4.89. The second-order valence-corrected chi connectivity index (χ2v) is 11.6. The standard InChI is InChI=1S/C35H32F3N5O3/c1-23(24-9-5-3-6-10-24)41-32(44)31(28-20-40-18-17-29(28)35(36,37)38)43(33(45)30-19-34(2,46)21-42(30)22-39)27-15-13-26(14-16-27)25-11-7-4-8-12-25/h3-18,20,23,30-31,46H,19,21H2,1-2H3,(H,41,44)/t23-,30+,31?,34+/m0/s1. The van der Waals surface area contributed by atoms with Crippen LogP contribution in [0.1, 0.15) is 49.0 Å². The van der Waals surface area contributed by atoms with Crippen LogP contribution in [-0.4, -0.2) is 45.0 Å². The van der Waals surface area contributed by atoms with Crippen molar-refractivity contribution >= 4 is 17.5 Å². The maximum absolute atomic E-state index is 14.5. The minimum absolute atomic E-state index is 0.124. The monoisotopic (exact) mass is 627 g/mol. The quantitative estimate of drug-likeness (QED) is 0.231. The summed E-state index contributed by atoms with van der Waals surface area (Å²) in [5.74, 6) is -1.71. The molecule has 1 aliphatic heterocycles. The number of benzene rings is 3. The Balaban J connectivity index is 1.68. The van der Waals surface area contributed by atoms with Gasteiger partial charge in [0.1, 0.15) is 12.1 Å². The van der Waals surface area contributed by atoms with Gasteiger partial charge >= 0.3 is 6.18 Å². The van der Waals surface area contributed by atoms with Crippen molar-refractivity contribution in [2.24, 2.45) is 0 Å². The molecule has 0 radical (unpaired) electrons. The van der Waals surface area contributed by atoms with Crippen LogP contribution in [-0.2, 0) is 15.8 Å². The van der Waals surface area contributed by atoms with Crippen molar-refractivity contribution in [2.75, 3.05) is 11.4 Å². The molecule has 5 rings (SSSR count). The van der Waals surface area contributed by atoms with Crippen molar-refractivity contribution in [3.63, 3.8) is 0 Å². The molecule has 236 valence electrons. The van der Waals surface area contributed by atoms with Crippen molar-refractivity contribution in [3.05, 3.63) is 120 Å². The van der Waals surface area contributed by atoms with Crippen LogP contribution < -0.4 is 10.2 Å². The molecule has 1 saturated heterocycles. The van der Waals surface area contributed by atoms with E-state index in [4.69, 9.17) is 0 Å². The Bertz CT molecular complexity index is 1720. The van der Waals surface area contributed by atoms with Crippen LogP contribution in [0.4, 0.5) is 18.9 Å². The Morgan fingerprint density at radius 1 is 1.02 bits per heavy atom. The molecular weight excluding hydrogens is 595 g/mol. The zero-order valence-electron chi connectivity index (χ0n) is 25.1. The van der Waals surface area contributed by atoms with Crippen molar-refractivity contribution in [1.29, 1.82) is 5.26 Å². The average molecular weight is 628 g/mol. The number of alkyl halides is 3. The van der Waals surface area contributed by atoms with Crippen LogP contribution in [0, 0.1) is 11.5 Å². The Hall–Kier alpha value is -5.21. The summed E-state index contributed by atoms with van der Waals surface area (Å²) in [7, 11) is 0. The van der Waals surface area contributed by atoms with Crippen molar-refractivity contribution < 1.29 is 27.9 Å². The van der Waals surface area contributed by atoms with Crippen LogP contribution in [0.5, 0.6) is 0 Å². The van der Waals surface area contributed by atoms with Crippen LogP contribution in [0.15, 0.2) is 103 Å². The lowest BCUT2D eigenvalue weighted by Gasteiger charge is -2.35. The summed E-state index contributed by atoms with van der Waals surface area (Å²) in [5, 5.41) is 23.4. The van der Waals surface area contributed by atoms with Gasteiger partial charge in [-0.15, -0.1) is 0 Å². The zero-order valence-corrected chi connectivity index (χ0v) is 25.1. The molecule has 1 fully saturated rings. The van der Waals surface area contributed by atoms with Gasteiger partial charge in [0.25, 0.3) is 5.91 Å². The molecule has 0 saturated carbocycles.